The first-order chi connectivity index (χ1) is 7.95. The Bertz CT molecular complexity index is 467. The van der Waals surface area contributed by atoms with Crippen LogP contribution in [-0.4, -0.2) is 21.9 Å². The van der Waals surface area contributed by atoms with Crippen molar-refractivity contribution in [3.63, 3.8) is 0 Å². The zero-order chi connectivity index (χ0) is 13.0. The highest BCUT2D eigenvalue weighted by Gasteiger charge is 2.16. The van der Waals surface area contributed by atoms with Gasteiger partial charge in [-0.05, 0) is 6.92 Å². The van der Waals surface area contributed by atoms with Crippen LogP contribution in [-0.2, 0) is 0 Å². The third kappa shape index (κ3) is 3.40. The van der Waals surface area contributed by atoms with Gasteiger partial charge in [0.25, 0.3) is 5.91 Å². The van der Waals surface area contributed by atoms with Gasteiger partial charge in [0, 0.05) is 5.92 Å². The molecule has 0 saturated heterocycles. The molecule has 5 nitrogen and oxygen atoms in total. The summed E-state index contributed by atoms with van der Waals surface area (Å²) in [6.07, 6.45) is 1.40. The summed E-state index contributed by atoms with van der Waals surface area (Å²) in [7, 11) is 0. The Kier molecular flexibility index (Phi) is 4.41. The van der Waals surface area contributed by atoms with E-state index in [-0.39, 0.29) is 16.6 Å². The fourth-order valence-corrected chi connectivity index (χ4v) is 1.29. The molecule has 1 aromatic rings. The molecule has 0 aliphatic heterocycles. The van der Waals surface area contributed by atoms with Crippen molar-refractivity contribution in [3.8, 4) is 6.07 Å². The van der Waals surface area contributed by atoms with Gasteiger partial charge in [0.2, 0.25) is 0 Å². The van der Waals surface area contributed by atoms with E-state index in [2.05, 4.69) is 15.3 Å². The summed E-state index contributed by atoms with van der Waals surface area (Å²) in [5, 5.41) is 11.3. The first-order valence-electron chi connectivity index (χ1n) is 5.18. The van der Waals surface area contributed by atoms with Gasteiger partial charge in [-0.2, -0.15) is 5.26 Å². The number of nitrogens with one attached hydrogen (secondary N) is 1. The second-order valence-corrected chi connectivity index (χ2v) is 4.31. The summed E-state index contributed by atoms with van der Waals surface area (Å²) in [6, 6.07) is 1.32. The zero-order valence-electron chi connectivity index (χ0n) is 9.86. The summed E-state index contributed by atoms with van der Waals surface area (Å²) in [6.45, 7) is 5.42. The highest BCUT2D eigenvalue weighted by molar-refractivity contribution is 6.33. The van der Waals surface area contributed by atoms with Gasteiger partial charge in [-0.15, -0.1) is 0 Å². The minimum absolute atomic E-state index is 0.104. The minimum atomic E-state index is -0.587. The molecule has 6 heteroatoms. The lowest BCUT2D eigenvalue weighted by Crippen LogP contribution is -2.32. The number of nitrogens with zero attached hydrogens (tertiary/aromatic N) is 3. The molecule has 1 amide bonds. The Labute approximate surface area is 105 Å². The van der Waals surface area contributed by atoms with Gasteiger partial charge in [-0.3, -0.25) is 4.79 Å². The van der Waals surface area contributed by atoms with Gasteiger partial charge in [-0.25, -0.2) is 9.97 Å². The minimum Gasteiger partial charge on any atom is -0.335 e. The number of hydrogen-bond donors (Lipinski definition) is 1. The Hall–Kier alpha value is -1.67. The van der Waals surface area contributed by atoms with Crippen LogP contribution in [0.1, 0.15) is 43.0 Å². The lowest BCUT2D eigenvalue weighted by Gasteiger charge is -2.09. The van der Waals surface area contributed by atoms with Crippen LogP contribution in [0.3, 0.4) is 0 Å². The predicted octanol–water partition coefficient (Wildman–Crippen LogP) is 1.90. The third-order valence-electron chi connectivity index (χ3n) is 2.04. The Morgan fingerprint density at radius 2 is 2.18 bits per heavy atom. The van der Waals surface area contributed by atoms with Crippen LogP contribution in [0.4, 0.5) is 0 Å². The van der Waals surface area contributed by atoms with E-state index in [0.29, 0.717) is 5.82 Å². The molecule has 0 bridgehead atoms. The topological polar surface area (TPSA) is 78.7 Å². The first kappa shape index (κ1) is 13.4. The second kappa shape index (κ2) is 5.60. The number of hydrogen-bond acceptors (Lipinski definition) is 4. The molecule has 0 aliphatic rings. The molecule has 1 rings (SSSR count). The van der Waals surface area contributed by atoms with Crippen molar-refractivity contribution in [2.45, 2.75) is 32.7 Å². The highest BCUT2D eigenvalue weighted by atomic mass is 35.5. The molecule has 0 radical (unpaired) electrons. The summed E-state index contributed by atoms with van der Waals surface area (Å²) >= 11 is 5.85. The quantitative estimate of drug-likeness (QED) is 0.891. The SMILES string of the molecule is CC(C#N)NC(=O)c1nc(C(C)C)ncc1Cl. The van der Waals surface area contributed by atoms with E-state index in [9.17, 15) is 4.79 Å². The number of carbonyl (C=O) groups is 1. The van der Waals surface area contributed by atoms with Gasteiger partial charge in [0.05, 0.1) is 17.3 Å². The molecular weight excluding hydrogens is 240 g/mol. The third-order valence-corrected chi connectivity index (χ3v) is 2.31. The van der Waals surface area contributed by atoms with Gasteiger partial charge >= 0.3 is 0 Å². The van der Waals surface area contributed by atoms with E-state index in [1.165, 1.54) is 6.20 Å². The number of halogens is 1. The maximum atomic E-state index is 11.8. The van der Waals surface area contributed by atoms with E-state index in [4.69, 9.17) is 16.9 Å². The number of amides is 1. The molecule has 1 N–H and O–H groups in total. The van der Waals surface area contributed by atoms with Gasteiger partial charge < -0.3 is 5.32 Å². The van der Waals surface area contributed by atoms with E-state index >= 15 is 0 Å². The van der Waals surface area contributed by atoms with Crippen molar-refractivity contribution in [1.82, 2.24) is 15.3 Å². The molecule has 0 fully saturated rings. The molecular formula is C11H13ClN4O. The predicted molar refractivity (Wildman–Crippen MR) is 63.7 cm³/mol. The second-order valence-electron chi connectivity index (χ2n) is 3.90. The summed E-state index contributed by atoms with van der Waals surface area (Å²) in [5.74, 6) is 0.185. The van der Waals surface area contributed by atoms with Gasteiger partial charge in [0.1, 0.15) is 17.6 Å². The number of nitriles is 1. The zero-order valence-corrected chi connectivity index (χ0v) is 10.6. The summed E-state index contributed by atoms with van der Waals surface area (Å²) in [4.78, 5) is 19.9. The number of carbonyl (C=O) groups excluding carboxylic acids is 1. The van der Waals surface area contributed by atoms with Gasteiger partial charge in [-0.1, -0.05) is 25.4 Å². The van der Waals surface area contributed by atoms with E-state index in [1.807, 2.05) is 19.9 Å². The largest absolute Gasteiger partial charge is 0.335 e. The summed E-state index contributed by atoms with van der Waals surface area (Å²) in [5.41, 5.74) is 0.104. The molecule has 1 unspecified atom stereocenters. The fraction of sp³-hybridized carbons (Fsp3) is 0.455. The molecule has 0 aromatic carbocycles. The first-order valence-corrected chi connectivity index (χ1v) is 5.56. The van der Waals surface area contributed by atoms with E-state index in [0.717, 1.165) is 0 Å². The normalized spacial score (nSPS) is 12.0. The van der Waals surface area contributed by atoms with Gasteiger partial charge in [0.15, 0.2) is 0 Å². The molecule has 0 spiro atoms. The number of rotatable bonds is 3. The Balaban J connectivity index is 3.01. The Morgan fingerprint density at radius 3 is 2.71 bits per heavy atom. The van der Waals surface area contributed by atoms with E-state index in [1.54, 1.807) is 6.92 Å². The van der Waals surface area contributed by atoms with Crippen molar-refractivity contribution in [1.29, 1.82) is 5.26 Å². The van der Waals surface area contributed by atoms with Crippen LogP contribution < -0.4 is 5.32 Å². The monoisotopic (exact) mass is 252 g/mol. The van der Waals surface area contributed by atoms with Crippen LogP contribution in [0.25, 0.3) is 0 Å². The molecule has 90 valence electrons. The lowest BCUT2D eigenvalue weighted by molar-refractivity contribution is 0.0942. The molecule has 1 heterocycles. The Morgan fingerprint density at radius 1 is 1.53 bits per heavy atom. The maximum absolute atomic E-state index is 11.8. The van der Waals surface area contributed by atoms with E-state index < -0.39 is 11.9 Å². The average molecular weight is 253 g/mol. The van der Waals surface area contributed by atoms with Crippen LogP contribution in [0.2, 0.25) is 5.02 Å². The molecule has 0 aliphatic carbocycles. The molecule has 1 aromatic heterocycles. The van der Waals surface area contributed by atoms with Crippen LogP contribution >= 0.6 is 11.6 Å². The fourth-order valence-electron chi connectivity index (χ4n) is 1.12. The molecule has 0 saturated carbocycles. The average Bonchev–Trinajstić information content (AvgIpc) is 2.28. The van der Waals surface area contributed by atoms with Crippen LogP contribution in [0.15, 0.2) is 6.20 Å². The summed E-state index contributed by atoms with van der Waals surface area (Å²) < 4.78 is 0. The van der Waals surface area contributed by atoms with Crippen LogP contribution in [0.5, 0.6) is 0 Å². The molecule has 17 heavy (non-hydrogen) atoms. The van der Waals surface area contributed by atoms with Crippen molar-refractivity contribution >= 4 is 17.5 Å². The highest BCUT2D eigenvalue weighted by Crippen LogP contribution is 2.16. The van der Waals surface area contributed by atoms with Crippen molar-refractivity contribution < 1.29 is 4.79 Å². The molecule has 1 atom stereocenters. The maximum Gasteiger partial charge on any atom is 0.272 e. The van der Waals surface area contributed by atoms with Crippen molar-refractivity contribution in [2.75, 3.05) is 0 Å². The van der Waals surface area contributed by atoms with Crippen molar-refractivity contribution in [3.05, 3.63) is 22.7 Å². The van der Waals surface area contributed by atoms with Crippen LogP contribution in [0, 0.1) is 11.3 Å². The smallest absolute Gasteiger partial charge is 0.272 e. The lowest BCUT2D eigenvalue weighted by atomic mass is 10.2. The van der Waals surface area contributed by atoms with Crippen molar-refractivity contribution in [2.24, 2.45) is 0 Å². The number of aromatic nitrogens is 2. The standard InChI is InChI=1S/C11H13ClN4O/c1-6(2)10-14-5-8(12)9(16-10)11(17)15-7(3)4-13/h5-7H,1-3H3,(H,15,17).